The lowest BCUT2D eigenvalue weighted by molar-refractivity contribution is -0.152. The van der Waals surface area contributed by atoms with Crippen LogP contribution in [0.15, 0.2) is 0 Å². The van der Waals surface area contributed by atoms with Crippen LogP contribution in [0, 0.1) is 0 Å². The second-order valence-corrected chi connectivity index (χ2v) is 5.16. The van der Waals surface area contributed by atoms with Crippen LogP contribution >= 0.6 is 0 Å². The van der Waals surface area contributed by atoms with Gasteiger partial charge in [-0.3, -0.25) is 9.69 Å². The number of aliphatic carboxylic acids is 1. The third kappa shape index (κ3) is 3.42. The van der Waals surface area contributed by atoms with Crippen LogP contribution in [0.25, 0.3) is 0 Å². The van der Waals surface area contributed by atoms with E-state index in [2.05, 4.69) is 23.6 Å². The van der Waals surface area contributed by atoms with E-state index in [1.165, 1.54) is 6.42 Å². The zero-order chi connectivity index (χ0) is 12.9. The minimum atomic E-state index is -0.678. The zero-order valence-corrected chi connectivity index (χ0v) is 11.4. The van der Waals surface area contributed by atoms with Crippen molar-refractivity contribution in [3.8, 4) is 0 Å². The molecule has 0 bridgehead atoms. The van der Waals surface area contributed by atoms with Crippen molar-refractivity contribution in [3.63, 3.8) is 0 Å². The van der Waals surface area contributed by atoms with Gasteiger partial charge in [-0.05, 0) is 26.3 Å². The van der Waals surface area contributed by atoms with Crippen molar-refractivity contribution in [2.45, 2.75) is 45.6 Å². The average Bonchev–Trinajstić information content (AvgIpc) is 2.30. The summed E-state index contributed by atoms with van der Waals surface area (Å²) in [7, 11) is 0. The average molecular weight is 242 g/mol. The summed E-state index contributed by atoms with van der Waals surface area (Å²) in [5.41, 5.74) is -0.674. The molecule has 1 aliphatic rings. The van der Waals surface area contributed by atoms with Crippen LogP contribution in [0.4, 0.5) is 0 Å². The van der Waals surface area contributed by atoms with Crippen LogP contribution in [0.5, 0.6) is 0 Å². The van der Waals surface area contributed by atoms with Gasteiger partial charge in [0.15, 0.2) is 0 Å². The molecule has 0 spiro atoms. The molecule has 1 unspecified atom stereocenters. The summed E-state index contributed by atoms with van der Waals surface area (Å²) in [5.74, 6) is -0.678. The number of carbonyl (C=O) groups is 1. The van der Waals surface area contributed by atoms with E-state index in [4.69, 9.17) is 0 Å². The van der Waals surface area contributed by atoms with Crippen LogP contribution in [0.1, 0.15) is 40.0 Å². The van der Waals surface area contributed by atoms with E-state index < -0.39 is 11.5 Å². The Balaban J connectivity index is 2.58. The normalized spacial score (nSPS) is 22.3. The van der Waals surface area contributed by atoms with Gasteiger partial charge in [-0.25, -0.2) is 0 Å². The molecular formula is C13H26N2O2. The number of nitrogens with zero attached hydrogens (tertiary/aromatic N) is 2. The molecular weight excluding hydrogens is 216 g/mol. The van der Waals surface area contributed by atoms with Crippen molar-refractivity contribution in [1.82, 2.24) is 9.80 Å². The highest BCUT2D eigenvalue weighted by Crippen LogP contribution is 2.23. The van der Waals surface area contributed by atoms with Crippen LogP contribution in [0.2, 0.25) is 0 Å². The molecule has 4 heteroatoms. The van der Waals surface area contributed by atoms with Crippen molar-refractivity contribution in [1.29, 1.82) is 0 Å². The molecule has 1 aliphatic heterocycles. The number of piperazine rings is 1. The van der Waals surface area contributed by atoms with Gasteiger partial charge in [0.2, 0.25) is 0 Å². The minimum absolute atomic E-state index is 0.674. The minimum Gasteiger partial charge on any atom is -0.480 e. The van der Waals surface area contributed by atoms with Gasteiger partial charge in [0.25, 0.3) is 0 Å². The van der Waals surface area contributed by atoms with Gasteiger partial charge in [-0.1, -0.05) is 20.3 Å². The second-order valence-electron chi connectivity index (χ2n) is 5.16. The standard InChI is InChI=1S/C13H26N2O2/c1-4-6-13(3,12(16)17)15-10-8-14(7-5-2)9-11-15/h4-11H2,1-3H3,(H,16,17). The maximum Gasteiger partial charge on any atom is 0.323 e. The van der Waals surface area contributed by atoms with Gasteiger partial charge in [-0.2, -0.15) is 0 Å². The largest absolute Gasteiger partial charge is 0.480 e. The molecule has 100 valence electrons. The predicted molar refractivity (Wildman–Crippen MR) is 69.3 cm³/mol. The Kier molecular flexibility index (Phi) is 5.40. The molecule has 4 nitrogen and oxygen atoms in total. The maximum absolute atomic E-state index is 11.5. The van der Waals surface area contributed by atoms with Gasteiger partial charge in [0.1, 0.15) is 5.54 Å². The highest BCUT2D eigenvalue weighted by Gasteiger charge is 2.39. The molecule has 0 aromatic rings. The first-order chi connectivity index (χ1) is 8.04. The van der Waals surface area contributed by atoms with Gasteiger partial charge < -0.3 is 10.0 Å². The molecule has 0 amide bonds. The molecule has 1 heterocycles. The van der Waals surface area contributed by atoms with Crippen molar-refractivity contribution >= 4 is 5.97 Å². The first-order valence-corrected chi connectivity index (χ1v) is 6.75. The molecule has 1 atom stereocenters. The Bertz CT molecular complexity index is 250. The fourth-order valence-corrected chi connectivity index (χ4v) is 2.67. The molecule has 1 N–H and O–H groups in total. The quantitative estimate of drug-likeness (QED) is 0.769. The highest BCUT2D eigenvalue weighted by atomic mass is 16.4. The molecule has 0 radical (unpaired) electrons. The first kappa shape index (κ1) is 14.5. The summed E-state index contributed by atoms with van der Waals surface area (Å²) in [6.07, 6.45) is 2.82. The monoisotopic (exact) mass is 242 g/mol. The van der Waals surface area contributed by atoms with Crippen molar-refractivity contribution in [3.05, 3.63) is 0 Å². The molecule has 0 saturated carbocycles. The molecule has 1 rings (SSSR count). The number of hydrogen-bond acceptors (Lipinski definition) is 3. The van der Waals surface area contributed by atoms with Crippen LogP contribution < -0.4 is 0 Å². The van der Waals surface area contributed by atoms with E-state index >= 15 is 0 Å². The Labute approximate surface area is 105 Å². The SMILES string of the molecule is CCCN1CCN(C(C)(CCC)C(=O)O)CC1. The molecule has 1 fully saturated rings. The second kappa shape index (κ2) is 6.36. The molecule has 1 saturated heterocycles. The Morgan fingerprint density at radius 2 is 1.76 bits per heavy atom. The summed E-state index contributed by atoms with van der Waals surface area (Å²) < 4.78 is 0. The number of rotatable bonds is 6. The molecule has 0 aromatic heterocycles. The summed E-state index contributed by atoms with van der Waals surface area (Å²) in [6, 6.07) is 0. The summed E-state index contributed by atoms with van der Waals surface area (Å²) in [4.78, 5) is 16.0. The van der Waals surface area contributed by atoms with Gasteiger partial charge in [0, 0.05) is 26.2 Å². The molecule has 0 aromatic carbocycles. The summed E-state index contributed by atoms with van der Waals surface area (Å²) in [6.45, 7) is 11.0. The Morgan fingerprint density at radius 3 is 2.18 bits per heavy atom. The van der Waals surface area contributed by atoms with Crippen molar-refractivity contribution < 1.29 is 9.90 Å². The van der Waals surface area contributed by atoms with Crippen molar-refractivity contribution in [2.24, 2.45) is 0 Å². The van der Waals surface area contributed by atoms with Crippen LogP contribution in [-0.4, -0.2) is 59.1 Å². The van der Waals surface area contributed by atoms with E-state index in [1.54, 1.807) is 0 Å². The van der Waals surface area contributed by atoms with E-state index in [9.17, 15) is 9.90 Å². The topological polar surface area (TPSA) is 43.8 Å². The van der Waals surface area contributed by atoms with E-state index in [0.29, 0.717) is 0 Å². The fourth-order valence-electron chi connectivity index (χ4n) is 2.67. The number of carboxylic acid groups (broad SMARTS) is 1. The number of hydrogen-bond donors (Lipinski definition) is 1. The van der Waals surface area contributed by atoms with E-state index in [-0.39, 0.29) is 0 Å². The third-order valence-electron chi connectivity index (χ3n) is 3.81. The molecule has 17 heavy (non-hydrogen) atoms. The fraction of sp³-hybridized carbons (Fsp3) is 0.923. The Hall–Kier alpha value is -0.610. The smallest absolute Gasteiger partial charge is 0.323 e. The van der Waals surface area contributed by atoms with E-state index in [0.717, 1.165) is 45.6 Å². The predicted octanol–water partition coefficient (Wildman–Crippen LogP) is 1.66. The van der Waals surface area contributed by atoms with Gasteiger partial charge in [0.05, 0.1) is 0 Å². The number of carboxylic acids is 1. The first-order valence-electron chi connectivity index (χ1n) is 6.75. The lowest BCUT2D eigenvalue weighted by atomic mass is 9.93. The summed E-state index contributed by atoms with van der Waals surface area (Å²) >= 11 is 0. The van der Waals surface area contributed by atoms with Crippen LogP contribution in [-0.2, 0) is 4.79 Å². The molecule has 0 aliphatic carbocycles. The maximum atomic E-state index is 11.5. The lowest BCUT2D eigenvalue weighted by Crippen LogP contribution is -2.59. The highest BCUT2D eigenvalue weighted by molar-refractivity contribution is 5.78. The van der Waals surface area contributed by atoms with E-state index in [1.807, 2.05) is 6.92 Å². The van der Waals surface area contributed by atoms with Crippen molar-refractivity contribution in [2.75, 3.05) is 32.7 Å². The third-order valence-corrected chi connectivity index (χ3v) is 3.81. The zero-order valence-electron chi connectivity index (χ0n) is 11.4. The lowest BCUT2D eigenvalue weighted by Gasteiger charge is -2.43. The van der Waals surface area contributed by atoms with Gasteiger partial charge in [-0.15, -0.1) is 0 Å². The Morgan fingerprint density at radius 1 is 1.18 bits per heavy atom. The van der Waals surface area contributed by atoms with Gasteiger partial charge >= 0.3 is 5.97 Å². The van der Waals surface area contributed by atoms with Crippen LogP contribution in [0.3, 0.4) is 0 Å². The summed E-state index contributed by atoms with van der Waals surface area (Å²) in [5, 5.41) is 9.43.